The predicted molar refractivity (Wildman–Crippen MR) is 73.7 cm³/mol. The van der Waals surface area contributed by atoms with Gasteiger partial charge in [0, 0.05) is 17.5 Å². The smallest absolute Gasteiger partial charge is 0.216 e. The molecule has 0 fully saturated rings. The Kier molecular flexibility index (Phi) is 3.80. The molecule has 1 heterocycles. The zero-order valence-corrected chi connectivity index (χ0v) is 10.5. The number of tetrazole rings is 1. The highest BCUT2D eigenvalue weighted by Gasteiger charge is 2.05. The van der Waals surface area contributed by atoms with Crippen molar-refractivity contribution in [1.82, 2.24) is 20.6 Å². The topological polar surface area (TPSA) is 116 Å². The van der Waals surface area contributed by atoms with Crippen molar-refractivity contribution in [3.8, 4) is 6.07 Å². The van der Waals surface area contributed by atoms with Crippen molar-refractivity contribution in [2.45, 2.75) is 0 Å². The minimum Gasteiger partial charge on any atom is -0.389 e. The molecule has 2 aromatic rings. The molecule has 0 radical (unpaired) electrons. The summed E-state index contributed by atoms with van der Waals surface area (Å²) in [7, 11) is 0. The van der Waals surface area contributed by atoms with Gasteiger partial charge in [-0.2, -0.15) is 10.5 Å². The molecule has 0 saturated heterocycles. The van der Waals surface area contributed by atoms with E-state index in [4.69, 9.17) is 23.2 Å². The van der Waals surface area contributed by atoms with Crippen molar-refractivity contribution >= 4 is 28.5 Å². The molecule has 0 aliphatic carbocycles. The Morgan fingerprint density at radius 1 is 1.42 bits per heavy atom. The second-order valence-electron chi connectivity index (χ2n) is 3.49. The zero-order valence-electron chi connectivity index (χ0n) is 9.66. The summed E-state index contributed by atoms with van der Waals surface area (Å²) in [5, 5.41) is 25.1. The molecular formula is C11H9N7S. The zero-order chi connectivity index (χ0) is 13.7. The molecular weight excluding hydrogens is 262 g/mol. The first-order valence-corrected chi connectivity index (χ1v) is 5.62. The van der Waals surface area contributed by atoms with Crippen LogP contribution in [0.2, 0.25) is 0 Å². The largest absolute Gasteiger partial charge is 0.389 e. The lowest BCUT2D eigenvalue weighted by molar-refractivity contribution is 0.881. The number of H-pyrrole nitrogens is 1. The maximum Gasteiger partial charge on any atom is 0.216 e. The first-order chi connectivity index (χ1) is 9.20. The summed E-state index contributed by atoms with van der Waals surface area (Å²) in [6, 6.07) is 9.16. The van der Waals surface area contributed by atoms with Gasteiger partial charge in [0.2, 0.25) is 5.82 Å². The van der Waals surface area contributed by atoms with Crippen molar-refractivity contribution < 1.29 is 0 Å². The maximum atomic E-state index is 8.98. The number of rotatable bonds is 4. The molecule has 8 heteroatoms. The normalized spacial score (nSPS) is 10.8. The van der Waals surface area contributed by atoms with Crippen LogP contribution >= 0.6 is 12.2 Å². The Bertz CT molecular complexity index is 637. The van der Waals surface area contributed by atoms with Crippen LogP contribution in [0.4, 0.5) is 5.69 Å². The molecule has 0 atom stereocenters. The molecule has 1 aromatic carbocycles. The molecule has 4 N–H and O–H groups in total. The van der Waals surface area contributed by atoms with Gasteiger partial charge in [-0.1, -0.05) is 12.2 Å². The number of hydrogen-bond acceptors (Lipinski definition) is 6. The van der Waals surface area contributed by atoms with Gasteiger partial charge in [-0.25, -0.2) is 0 Å². The molecule has 2 rings (SSSR count). The molecule has 0 aliphatic heterocycles. The molecule has 0 unspecified atom stereocenters. The number of nitrogens with zero attached hydrogens (tertiary/aromatic N) is 4. The number of anilines is 1. The molecule has 19 heavy (non-hydrogen) atoms. The minimum absolute atomic E-state index is 0.231. The highest BCUT2D eigenvalue weighted by Crippen LogP contribution is 2.12. The fourth-order valence-electron chi connectivity index (χ4n) is 1.31. The van der Waals surface area contributed by atoms with Gasteiger partial charge in [0.15, 0.2) is 0 Å². The first-order valence-electron chi connectivity index (χ1n) is 5.21. The lowest BCUT2D eigenvalue weighted by Crippen LogP contribution is -2.08. The van der Waals surface area contributed by atoms with Gasteiger partial charge < -0.3 is 11.1 Å². The fourth-order valence-corrected chi connectivity index (χ4v) is 1.45. The van der Waals surface area contributed by atoms with E-state index in [1.54, 1.807) is 24.3 Å². The van der Waals surface area contributed by atoms with Crippen LogP contribution in [-0.2, 0) is 0 Å². The van der Waals surface area contributed by atoms with Gasteiger partial charge in [-0.05, 0) is 29.5 Å². The van der Waals surface area contributed by atoms with Crippen molar-refractivity contribution in [2.24, 2.45) is 5.73 Å². The van der Waals surface area contributed by atoms with E-state index in [1.165, 1.54) is 6.20 Å². The fraction of sp³-hybridized carbons (Fsp3) is 0. The Morgan fingerprint density at radius 3 is 2.68 bits per heavy atom. The number of aromatic nitrogens is 4. The molecule has 7 nitrogen and oxygen atoms in total. The second kappa shape index (κ2) is 5.70. The van der Waals surface area contributed by atoms with Crippen molar-refractivity contribution in [3.05, 3.63) is 41.9 Å². The summed E-state index contributed by atoms with van der Waals surface area (Å²) in [5.74, 6) is 0.231. The number of hydrogen-bond donors (Lipinski definition) is 3. The van der Waals surface area contributed by atoms with Crippen molar-refractivity contribution in [3.63, 3.8) is 0 Å². The molecule has 0 saturated carbocycles. The lowest BCUT2D eigenvalue weighted by atomic mass is 10.2. The van der Waals surface area contributed by atoms with Gasteiger partial charge in [-0.15, -0.1) is 10.2 Å². The highest BCUT2D eigenvalue weighted by molar-refractivity contribution is 7.80. The van der Waals surface area contributed by atoms with E-state index in [2.05, 4.69) is 25.9 Å². The van der Waals surface area contributed by atoms with E-state index in [0.29, 0.717) is 4.99 Å². The van der Waals surface area contributed by atoms with Gasteiger partial charge in [-0.3, -0.25) is 0 Å². The third-order valence-corrected chi connectivity index (χ3v) is 2.49. The average Bonchev–Trinajstić information content (AvgIpc) is 2.94. The van der Waals surface area contributed by atoms with Crippen LogP contribution in [0.5, 0.6) is 0 Å². The van der Waals surface area contributed by atoms with Crippen LogP contribution in [-0.4, -0.2) is 25.6 Å². The Morgan fingerprint density at radius 2 is 2.16 bits per heavy atom. The summed E-state index contributed by atoms with van der Waals surface area (Å²) in [6.07, 6.45) is 1.50. The Labute approximate surface area is 114 Å². The number of thiocarbonyl (C=S) groups is 1. The van der Waals surface area contributed by atoms with Crippen LogP contribution in [0.25, 0.3) is 5.57 Å². The second-order valence-corrected chi connectivity index (χ2v) is 3.93. The Balaban J connectivity index is 2.13. The number of benzene rings is 1. The van der Waals surface area contributed by atoms with Gasteiger partial charge >= 0.3 is 0 Å². The summed E-state index contributed by atoms with van der Waals surface area (Å²) in [6.45, 7) is 0. The van der Waals surface area contributed by atoms with E-state index in [-0.39, 0.29) is 11.4 Å². The highest BCUT2D eigenvalue weighted by atomic mass is 32.1. The maximum absolute atomic E-state index is 8.98. The van der Waals surface area contributed by atoms with Crippen molar-refractivity contribution in [2.75, 3.05) is 5.32 Å². The van der Waals surface area contributed by atoms with E-state index in [0.717, 1.165) is 11.3 Å². The summed E-state index contributed by atoms with van der Waals surface area (Å²) in [4.78, 5) is 0.339. The van der Waals surface area contributed by atoms with Crippen LogP contribution in [0.1, 0.15) is 11.4 Å². The van der Waals surface area contributed by atoms with Crippen LogP contribution < -0.4 is 11.1 Å². The Hall–Kier alpha value is -2.79. The van der Waals surface area contributed by atoms with E-state index >= 15 is 0 Å². The van der Waals surface area contributed by atoms with Gasteiger partial charge in [0.1, 0.15) is 16.6 Å². The number of allylic oxidation sites excluding steroid dienone is 1. The lowest BCUT2D eigenvalue weighted by Gasteiger charge is -2.02. The summed E-state index contributed by atoms with van der Waals surface area (Å²) >= 11 is 4.86. The summed E-state index contributed by atoms with van der Waals surface area (Å²) < 4.78 is 0. The minimum atomic E-state index is 0.231. The van der Waals surface area contributed by atoms with E-state index in [9.17, 15) is 0 Å². The van der Waals surface area contributed by atoms with Gasteiger partial charge in [0.05, 0.1) is 0 Å². The third kappa shape index (κ3) is 3.11. The number of aromatic amines is 1. The van der Waals surface area contributed by atoms with Crippen molar-refractivity contribution in [1.29, 1.82) is 5.26 Å². The number of nitrogens with two attached hydrogens (primary N) is 1. The van der Waals surface area contributed by atoms with E-state index < -0.39 is 0 Å². The SMILES string of the molecule is N#CC(=CNc1ccc(C(N)=S)cc1)c1nn[nH]n1. The molecule has 94 valence electrons. The van der Waals surface area contributed by atoms with Crippen LogP contribution in [0.15, 0.2) is 30.5 Å². The van der Waals surface area contributed by atoms with Crippen LogP contribution in [0, 0.1) is 11.3 Å². The number of nitrogens with one attached hydrogen (secondary N) is 2. The van der Waals surface area contributed by atoms with Crippen LogP contribution in [0.3, 0.4) is 0 Å². The monoisotopic (exact) mass is 271 g/mol. The van der Waals surface area contributed by atoms with E-state index in [1.807, 2.05) is 6.07 Å². The third-order valence-electron chi connectivity index (χ3n) is 2.26. The summed E-state index contributed by atoms with van der Waals surface area (Å²) in [5.41, 5.74) is 7.34. The quantitative estimate of drug-likeness (QED) is 0.556. The molecule has 1 aromatic heterocycles. The first kappa shape index (κ1) is 12.7. The molecule has 0 bridgehead atoms. The molecule has 0 amide bonds. The standard InChI is InChI=1S/C11H9N7S/c12-5-8(11-15-17-18-16-11)6-14-9-3-1-7(2-4-9)10(13)19/h1-4,6,14H,(H2,13,19)(H,15,16,17,18). The number of nitriles is 1. The van der Waals surface area contributed by atoms with Gasteiger partial charge in [0.25, 0.3) is 0 Å². The molecule has 0 aliphatic rings. The average molecular weight is 271 g/mol. The predicted octanol–water partition coefficient (Wildman–Crippen LogP) is 0.810. The molecule has 0 spiro atoms.